The van der Waals surface area contributed by atoms with E-state index in [2.05, 4.69) is 10.3 Å². The highest BCUT2D eigenvalue weighted by Crippen LogP contribution is 2.25. The summed E-state index contributed by atoms with van der Waals surface area (Å²) in [5.74, 6) is -1.41. The van der Waals surface area contributed by atoms with Crippen LogP contribution < -0.4 is 14.8 Å². The summed E-state index contributed by atoms with van der Waals surface area (Å²) in [7, 11) is 0. The highest BCUT2D eigenvalue weighted by atomic mass is 19.1. The topological polar surface area (TPSA) is 80.8 Å². The van der Waals surface area contributed by atoms with Crippen molar-refractivity contribution >= 4 is 11.8 Å². The fraction of sp³-hybridized carbons (Fsp3) is 0.367. The number of hydrogen-bond acceptors (Lipinski definition) is 5. The molecule has 1 aliphatic heterocycles. The summed E-state index contributed by atoms with van der Waals surface area (Å²) < 4.78 is 51.5. The summed E-state index contributed by atoms with van der Waals surface area (Å²) in [6.07, 6.45) is 5.08. The average molecular weight is 554 g/mol. The first-order chi connectivity index (χ1) is 19.3. The molecule has 1 saturated carbocycles. The fourth-order valence-corrected chi connectivity index (χ4v) is 5.09. The largest absolute Gasteiger partial charge is 0.490 e. The lowest BCUT2D eigenvalue weighted by Gasteiger charge is -2.32. The third-order valence-corrected chi connectivity index (χ3v) is 7.24. The number of rotatable bonds is 7. The molecule has 210 valence electrons. The van der Waals surface area contributed by atoms with Crippen LogP contribution in [-0.4, -0.2) is 53.0 Å². The average Bonchev–Trinajstić information content (AvgIpc) is 2.95. The summed E-state index contributed by atoms with van der Waals surface area (Å²) >= 11 is 0. The number of likely N-dealkylation sites (tertiary alicyclic amines) is 1. The van der Waals surface area contributed by atoms with E-state index in [1.807, 2.05) is 0 Å². The minimum Gasteiger partial charge on any atom is -0.490 e. The first kappa shape index (κ1) is 27.5. The van der Waals surface area contributed by atoms with Crippen LogP contribution >= 0.6 is 0 Å². The first-order valence-corrected chi connectivity index (χ1v) is 13.4. The van der Waals surface area contributed by atoms with Crippen LogP contribution in [0.5, 0.6) is 11.5 Å². The second-order valence-electron chi connectivity index (χ2n) is 10.2. The zero-order chi connectivity index (χ0) is 28.1. The van der Waals surface area contributed by atoms with Gasteiger partial charge in [-0.2, -0.15) is 0 Å². The van der Waals surface area contributed by atoms with Gasteiger partial charge in [0.1, 0.15) is 40.7 Å². The Bertz CT molecular complexity index is 1300. The summed E-state index contributed by atoms with van der Waals surface area (Å²) in [4.78, 5) is 31.6. The molecule has 0 radical (unpaired) electrons. The van der Waals surface area contributed by atoms with Crippen molar-refractivity contribution in [1.29, 1.82) is 0 Å². The van der Waals surface area contributed by atoms with Crippen molar-refractivity contribution < 1.29 is 32.2 Å². The molecule has 2 aliphatic rings. The lowest BCUT2D eigenvalue weighted by molar-refractivity contribution is 0.0594. The van der Waals surface area contributed by atoms with Crippen molar-refractivity contribution in [2.75, 3.05) is 13.1 Å². The number of benzene rings is 2. The summed E-state index contributed by atoms with van der Waals surface area (Å²) in [6.45, 7) is 1.04. The first-order valence-electron chi connectivity index (χ1n) is 13.4. The molecule has 2 heterocycles. The van der Waals surface area contributed by atoms with Crippen molar-refractivity contribution in [3.8, 4) is 11.5 Å². The lowest BCUT2D eigenvalue weighted by Crippen LogP contribution is -2.42. The van der Waals surface area contributed by atoms with Crippen molar-refractivity contribution in [3.63, 3.8) is 0 Å². The SMILES string of the molecule is O=C(NC1CCC(Oc2cc(F)cc(F)c2)CC1)c1ccc(C(=O)N2CCC(Oc3ccc(F)cc3)CC2)cn1. The van der Waals surface area contributed by atoms with Crippen molar-refractivity contribution in [2.45, 2.75) is 56.8 Å². The number of piperidine rings is 1. The number of carbonyl (C=O) groups excluding carboxylic acids is 2. The Morgan fingerprint density at radius 3 is 2.00 bits per heavy atom. The molecule has 2 fully saturated rings. The van der Waals surface area contributed by atoms with E-state index in [4.69, 9.17) is 9.47 Å². The summed E-state index contributed by atoms with van der Waals surface area (Å²) in [6, 6.07) is 12.1. The number of nitrogens with one attached hydrogen (secondary N) is 1. The van der Waals surface area contributed by atoms with Crippen LogP contribution in [0, 0.1) is 17.5 Å². The predicted octanol–water partition coefficient (Wildman–Crippen LogP) is 5.30. The van der Waals surface area contributed by atoms with Crippen LogP contribution in [0.15, 0.2) is 60.8 Å². The summed E-state index contributed by atoms with van der Waals surface area (Å²) in [5, 5.41) is 2.97. The van der Waals surface area contributed by atoms with Gasteiger partial charge in [-0.05, 0) is 62.1 Å². The maximum atomic E-state index is 13.4. The quantitative estimate of drug-likeness (QED) is 0.430. The molecule has 10 heteroatoms. The predicted molar refractivity (Wildman–Crippen MR) is 141 cm³/mol. The number of halogens is 3. The van der Waals surface area contributed by atoms with E-state index in [0.717, 1.165) is 18.2 Å². The van der Waals surface area contributed by atoms with E-state index in [-0.39, 0.29) is 47.3 Å². The Morgan fingerprint density at radius 2 is 1.38 bits per heavy atom. The van der Waals surface area contributed by atoms with Crippen LogP contribution in [0.4, 0.5) is 13.2 Å². The highest BCUT2D eigenvalue weighted by molar-refractivity contribution is 5.96. The number of pyridine rings is 1. The zero-order valence-corrected chi connectivity index (χ0v) is 21.8. The Kier molecular flexibility index (Phi) is 8.52. The maximum Gasteiger partial charge on any atom is 0.270 e. The van der Waals surface area contributed by atoms with Gasteiger partial charge in [-0.3, -0.25) is 14.6 Å². The van der Waals surface area contributed by atoms with Gasteiger partial charge in [-0.1, -0.05) is 0 Å². The molecule has 1 aliphatic carbocycles. The van der Waals surface area contributed by atoms with Crippen LogP contribution in [0.25, 0.3) is 0 Å². The second kappa shape index (κ2) is 12.4. The normalized spacial score (nSPS) is 19.6. The van der Waals surface area contributed by atoms with Gasteiger partial charge < -0.3 is 19.7 Å². The van der Waals surface area contributed by atoms with Gasteiger partial charge in [-0.15, -0.1) is 0 Å². The van der Waals surface area contributed by atoms with Crippen LogP contribution in [0.1, 0.15) is 59.4 Å². The van der Waals surface area contributed by atoms with E-state index >= 15 is 0 Å². The molecule has 0 atom stereocenters. The molecule has 0 bridgehead atoms. The molecule has 7 nitrogen and oxygen atoms in total. The van der Waals surface area contributed by atoms with Crippen molar-refractivity contribution in [3.05, 3.63) is 89.5 Å². The fourth-order valence-electron chi connectivity index (χ4n) is 5.09. The number of hydrogen-bond donors (Lipinski definition) is 1. The number of amides is 2. The molecule has 1 aromatic heterocycles. The third-order valence-electron chi connectivity index (χ3n) is 7.24. The Morgan fingerprint density at radius 1 is 0.750 bits per heavy atom. The Labute approximate surface area is 230 Å². The van der Waals surface area contributed by atoms with E-state index in [1.165, 1.54) is 18.3 Å². The van der Waals surface area contributed by atoms with Gasteiger partial charge in [0.25, 0.3) is 11.8 Å². The summed E-state index contributed by atoms with van der Waals surface area (Å²) in [5.41, 5.74) is 0.623. The van der Waals surface area contributed by atoms with Gasteiger partial charge in [0, 0.05) is 56.4 Å². The zero-order valence-electron chi connectivity index (χ0n) is 21.8. The Hall–Kier alpha value is -4.08. The van der Waals surface area contributed by atoms with Gasteiger partial charge in [0.05, 0.1) is 11.7 Å². The molecule has 2 amide bonds. The molecule has 2 aromatic carbocycles. The van der Waals surface area contributed by atoms with Gasteiger partial charge in [0.2, 0.25) is 0 Å². The minimum absolute atomic E-state index is 0.0512. The molecular formula is C30H30F3N3O4. The highest BCUT2D eigenvalue weighted by Gasteiger charge is 2.27. The Balaban J connectivity index is 1.06. The van der Waals surface area contributed by atoms with Crippen molar-refractivity contribution in [2.24, 2.45) is 0 Å². The van der Waals surface area contributed by atoms with E-state index < -0.39 is 11.6 Å². The van der Waals surface area contributed by atoms with Crippen LogP contribution in [0.3, 0.4) is 0 Å². The monoisotopic (exact) mass is 553 g/mol. The smallest absolute Gasteiger partial charge is 0.270 e. The number of ether oxygens (including phenoxy) is 2. The molecule has 40 heavy (non-hydrogen) atoms. The molecule has 0 spiro atoms. The van der Waals surface area contributed by atoms with Gasteiger partial charge in [0.15, 0.2) is 0 Å². The molecule has 5 rings (SSSR count). The maximum absolute atomic E-state index is 13.4. The van der Waals surface area contributed by atoms with Crippen LogP contribution in [-0.2, 0) is 0 Å². The molecule has 0 unspecified atom stereocenters. The van der Waals surface area contributed by atoms with Gasteiger partial charge >= 0.3 is 0 Å². The third kappa shape index (κ3) is 7.11. The standard InChI is InChI=1S/C30H30F3N3O4/c31-20-2-6-24(7-3-20)39-26-11-13-36(14-12-26)30(38)19-1-10-28(34-18-19)29(37)35-23-4-8-25(9-5-23)40-27-16-21(32)15-22(33)17-27/h1-3,6-7,10,15-18,23,25-26H,4-5,8-9,11-14H2,(H,35,37). The number of carbonyl (C=O) groups is 2. The van der Waals surface area contributed by atoms with Crippen molar-refractivity contribution in [1.82, 2.24) is 15.2 Å². The van der Waals surface area contributed by atoms with E-state index in [1.54, 1.807) is 29.2 Å². The van der Waals surface area contributed by atoms with Crippen LogP contribution in [0.2, 0.25) is 0 Å². The number of nitrogens with zero attached hydrogens (tertiary/aromatic N) is 2. The van der Waals surface area contributed by atoms with Gasteiger partial charge in [-0.25, -0.2) is 13.2 Å². The van der Waals surface area contributed by atoms with E-state index in [9.17, 15) is 22.8 Å². The van der Waals surface area contributed by atoms with E-state index in [0.29, 0.717) is 62.9 Å². The number of aromatic nitrogens is 1. The second-order valence-corrected chi connectivity index (χ2v) is 10.2. The molecule has 3 aromatic rings. The molecule has 1 N–H and O–H groups in total. The molecule has 1 saturated heterocycles. The lowest BCUT2D eigenvalue weighted by atomic mass is 9.92. The molecular weight excluding hydrogens is 523 g/mol. The minimum atomic E-state index is -0.686.